The molecule has 0 spiro atoms. The van der Waals surface area contributed by atoms with Crippen LogP contribution in [0.15, 0.2) is 54.6 Å². The predicted molar refractivity (Wildman–Crippen MR) is 83.3 cm³/mol. The van der Waals surface area contributed by atoms with Gasteiger partial charge >= 0.3 is 0 Å². The minimum Gasteiger partial charge on any atom is -0.324 e. The Morgan fingerprint density at radius 3 is 2.16 bits per heavy atom. The first kappa shape index (κ1) is 12.2. The van der Waals surface area contributed by atoms with Gasteiger partial charge < -0.3 is 5.73 Å². The van der Waals surface area contributed by atoms with Crippen LogP contribution in [0.5, 0.6) is 0 Å². The molecule has 1 nitrogen and oxygen atoms in total. The van der Waals surface area contributed by atoms with Gasteiger partial charge in [-0.25, -0.2) is 0 Å². The number of benzene rings is 3. The van der Waals surface area contributed by atoms with Gasteiger partial charge in [-0.1, -0.05) is 49.7 Å². The predicted octanol–water partition coefficient (Wildman–Crippen LogP) is 4.79. The molecule has 0 aromatic heterocycles. The lowest BCUT2D eigenvalue weighted by atomic mass is 9.97. The van der Waals surface area contributed by atoms with E-state index in [2.05, 4.69) is 61.5 Å². The first-order chi connectivity index (χ1) is 9.28. The zero-order valence-corrected chi connectivity index (χ0v) is 11.3. The lowest BCUT2D eigenvalue weighted by Crippen LogP contribution is -2.09. The summed E-state index contributed by atoms with van der Waals surface area (Å²) in [6.07, 6.45) is 2.16. The number of fused-ring (bicyclic) bond motifs is 2. The minimum absolute atomic E-state index is 0.154. The molecule has 0 bridgehead atoms. The summed E-state index contributed by atoms with van der Waals surface area (Å²) in [7, 11) is 0. The molecule has 3 aromatic carbocycles. The lowest BCUT2D eigenvalue weighted by molar-refractivity contribution is 0.639. The van der Waals surface area contributed by atoms with Gasteiger partial charge in [0.2, 0.25) is 0 Å². The van der Waals surface area contributed by atoms with E-state index in [-0.39, 0.29) is 6.04 Å². The maximum Gasteiger partial charge on any atom is 0.0294 e. The Morgan fingerprint density at radius 2 is 1.47 bits per heavy atom. The first-order valence-corrected chi connectivity index (χ1v) is 6.96. The molecule has 0 aliphatic carbocycles. The molecule has 3 rings (SSSR count). The number of rotatable bonds is 3. The van der Waals surface area contributed by atoms with Crippen molar-refractivity contribution < 1.29 is 0 Å². The Morgan fingerprint density at radius 1 is 0.842 bits per heavy atom. The minimum atomic E-state index is 0.154. The molecule has 96 valence electrons. The van der Waals surface area contributed by atoms with E-state index in [1.54, 1.807) is 0 Å². The molecule has 0 saturated heterocycles. The molecular weight excluding hydrogens is 230 g/mol. The van der Waals surface area contributed by atoms with Gasteiger partial charge in [-0.05, 0) is 51.7 Å². The third kappa shape index (κ3) is 2.34. The summed E-state index contributed by atoms with van der Waals surface area (Å²) >= 11 is 0. The number of hydrogen-bond acceptors (Lipinski definition) is 1. The third-order valence-electron chi connectivity index (χ3n) is 3.76. The summed E-state index contributed by atoms with van der Waals surface area (Å²) in [5.74, 6) is 0. The van der Waals surface area contributed by atoms with Gasteiger partial charge in [0.15, 0.2) is 0 Å². The number of hydrogen-bond donors (Lipinski definition) is 1. The zero-order chi connectivity index (χ0) is 13.2. The Bertz CT molecular complexity index is 715. The van der Waals surface area contributed by atoms with Crippen LogP contribution in [0.25, 0.3) is 21.5 Å². The van der Waals surface area contributed by atoms with Gasteiger partial charge in [0.05, 0.1) is 0 Å². The second-order valence-corrected chi connectivity index (χ2v) is 5.20. The fourth-order valence-corrected chi connectivity index (χ4v) is 2.67. The monoisotopic (exact) mass is 249 g/mol. The summed E-state index contributed by atoms with van der Waals surface area (Å²) in [6, 6.07) is 19.7. The first-order valence-electron chi connectivity index (χ1n) is 6.96. The quantitative estimate of drug-likeness (QED) is 0.663. The van der Waals surface area contributed by atoms with Crippen molar-refractivity contribution >= 4 is 21.5 Å². The fourth-order valence-electron chi connectivity index (χ4n) is 2.67. The molecule has 1 atom stereocenters. The van der Waals surface area contributed by atoms with Gasteiger partial charge in [-0.2, -0.15) is 0 Å². The van der Waals surface area contributed by atoms with Crippen LogP contribution < -0.4 is 5.73 Å². The molecule has 1 heteroatoms. The van der Waals surface area contributed by atoms with Crippen LogP contribution in [0.1, 0.15) is 31.4 Å². The molecular formula is C18H19N. The highest BCUT2D eigenvalue weighted by Gasteiger charge is 2.06. The molecule has 3 aromatic rings. The molecule has 0 unspecified atom stereocenters. The highest BCUT2D eigenvalue weighted by atomic mass is 14.6. The van der Waals surface area contributed by atoms with E-state index in [0.717, 1.165) is 12.8 Å². The molecule has 0 aliphatic heterocycles. The SMILES string of the molecule is CCC[C@@H](N)c1ccc2cc3ccccc3cc2c1. The Labute approximate surface area is 114 Å². The van der Waals surface area contributed by atoms with E-state index >= 15 is 0 Å². The normalized spacial score (nSPS) is 12.9. The van der Waals surface area contributed by atoms with Gasteiger partial charge in [0, 0.05) is 6.04 Å². The highest BCUT2D eigenvalue weighted by Crippen LogP contribution is 2.26. The maximum atomic E-state index is 6.21. The van der Waals surface area contributed by atoms with Gasteiger partial charge in [-0.3, -0.25) is 0 Å². The van der Waals surface area contributed by atoms with Gasteiger partial charge in [0.1, 0.15) is 0 Å². The third-order valence-corrected chi connectivity index (χ3v) is 3.76. The molecule has 0 fully saturated rings. The van der Waals surface area contributed by atoms with Crippen molar-refractivity contribution in [2.45, 2.75) is 25.8 Å². The highest BCUT2D eigenvalue weighted by molar-refractivity contribution is 5.98. The van der Waals surface area contributed by atoms with Gasteiger partial charge in [0.25, 0.3) is 0 Å². The van der Waals surface area contributed by atoms with Crippen LogP contribution >= 0.6 is 0 Å². The van der Waals surface area contributed by atoms with E-state index < -0.39 is 0 Å². The lowest BCUT2D eigenvalue weighted by Gasteiger charge is -2.12. The van der Waals surface area contributed by atoms with E-state index in [9.17, 15) is 0 Å². The number of nitrogens with two attached hydrogens (primary N) is 1. The fraction of sp³-hybridized carbons (Fsp3) is 0.222. The Balaban J connectivity index is 2.14. The summed E-state index contributed by atoms with van der Waals surface area (Å²) in [5, 5.41) is 5.14. The largest absolute Gasteiger partial charge is 0.324 e. The molecule has 0 radical (unpaired) electrons. The second kappa shape index (κ2) is 5.02. The smallest absolute Gasteiger partial charge is 0.0294 e. The Hall–Kier alpha value is -1.86. The van der Waals surface area contributed by atoms with Crippen LogP contribution in [0, 0.1) is 0 Å². The maximum absolute atomic E-state index is 6.21. The Kier molecular flexibility index (Phi) is 3.22. The molecule has 0 saturated carbocycles. The van der Waals surface area contributed by atoms with Crippen molar-refractivity contribution in [3.63, 3.8) is 0 Å². The summed E-state index contributed by atoms with van der Waals surface area (Å²) in [5.41, 5.74) is 7.45. The van der Waals surface area contributed by atoms with Crippen molar-refractivity contribution in [2.75, 3.05) is 0 Å². The van der Waals surface area contributed by atoms with E-state index in [0.29, 0.717) is 0 Å². The molecule has 0 heterocycles. The molecule has 0 amide bonds. The van der Waals surface area contributed by atoms with E-state index in [1.165, 1.54) is 27.1 Å². The average molecular weight is 249 g/mol. The van der Waals surface area contributed by atoms with Crippen molar-refractivity contribution in [1.29, 1.82) is 0 Å². The van der Waals surface area contributed by atoms with Crippen molar-refractivity contribution in [2.24, 2.45) is 5.73 Å². The van der Waals surface area contributed by atoms with Crippen LogP contribution in [0.3, 0.4) is 0 Å². The standard InChI is InChI=1S/C18H19N/c1-2-5-18(19)16-9-8-15-10-13-6-3-4-7-14(13)11-17(15)12-16/h3-4,6-12,18H,2,5,19H2,1H3/t18-/m1/s1. The summed E-state index contributed by atoms with van der Waals surface area (Å²) in [6.45, 7) is 2.18. The van der Waals surface area contributed by atoms with Crippen molar-refractivity contribution in [3.05, 3.63) is 60.2 Å². The summed E-state index contributed by atoms with van der Waals surface area (Å²) < 4.78 is 0. The van der Waals surface area contributed by atoms with Crippen molar-refractivity contribution in [1.82, 2.24) is 0 Å². The van der Waals surface area contributed by atoms with Crippen LogP contribution in [0.2, 0.25) is 0 Å². The van der Waals surface area contributed by atoms with Crippen LogP contribution in [-0.4, -0.2) is 0 Å². The molecule has 19 heavy (non-hydrogen) atoms. The van der Waals surface area contributed by atoms with Crippen LogP contribution in [-0.2, 0) is 0 Å². The van der Waals surface area contributed by atoms with E-state index in [1.807, 2.05) is 0 Å². The topological polar surface area (TPSA) is 26.0 Å². The van der Waals surface area contributed by atoms with E-state index in [4.69, 9.17) is 5.73 Å². The van der Waals surface area contributed by atoms with Gasteiger partial charge in [-0.15, -0.1) is 0 Å². The summed E-state index contributed by atoms with van der Waals surface area (Å²) in [4.78, 5) is 0. The van der Waals surface area contributed by atoms with Crippen molar-refractivity contribution in [3.8, 4) is 0 Å². The molecule has 2 N–H and O–H groups in total. The van der Waals surface area contributed by atoms with Crippen LogP contribution in [0.4, 0.5) is 0 Å². The zero-order valence-electron chi connectivity index (χ0n) is 11.3. The average Bonchev–Trinajstić information content (AvgIpc) is 2.44. The molecule has 0 aliphatic rings. The second-order valence-electron chi connectivity index (χ2n) is 5.20.